The van der Waals surface area contributed by atoms with Crippen molar-refractivity contribution in [1.29, 1.82) is 0 Å². The van der Waals surface area contributed by atoms with Gasteiger partial charge in [0.25, 0.3) is 0 Å². The van der Waals surface area contributed by atoms with Crippen LogP contribution in [0, 0.1) is 0 Å². The lowest BCUT2D eigenvalue weighted by atomic mass is 10.3. The van der Waals surface area contributed by atoms with Gasteiger partial charge in [-0.25, -0.2) is 9.97 Å². The summed E-state index contributed by atoms with van der Waals surface area (Å²) in [6.45, 7) is 3.81. The highest BCUT2D eigenvalue weighted by molar-refractivity contribution is 9.10. The Kier molecular flexibility index (Phi) is 5.26. The van der Waals surface area contributed by atoms with Gasteiger partial charge < -0.3 is 5.32 Å². The SMILES string of the molecule is CCCc1nc(Br)cc(NCCCn2ccnn2)n1. The Labute approximate surface area is 120 Å². The van der Waals surface area contributed by atoms with E-state index in [4.69, 9.17) is 0 Å². The van der Waals surface area contributed by atoms with Gasteiger partial charge in [-0.05, 0) is 28.8 Å². The van der Waals surface area contributed by atoms with Crippen LogP contribution in [0.25, 0.3) is 0 Å². The first-order valence-electron chi connectivity index (χ1n) is 6.39. The fourth-order valence-corrected chi connectivity index (χ4v) is 2.12. The highest BCUT2D eigenvalue weighted by Gasteiger charge is 2.02. The Morgan fingerprint density at radius 1 is 1.37 bits per heavy atom. The quantitative estimate of drug-likeness (QED) is 0.625. The lowest BCUT2D eigenvalue weighted by Crippen LogP contribution is -2.09. The van der Waals surface area contributed by atoms with Gasteiger partial charge in [-0.1, -0.05) is 12.1 Å². The van der Waals surface area contributed by atoms with Crippen molar-refractivity contribution in [3.8, 4) is 0 Å². The number of rotatable bonds is 7. The van der Waals surface area contributed by atoms with Crippen molar-refractivity contribution in [3.63, 3.8) is 0 Å². The van der Waals surface area contributed by atoms with Gasteiger partial charge in [0.15, 0.2) is 0 Å². The van der Waals surface area contributed by atoms with Crippen LogP contribution in [0.1, 0.15) is 25.6 Å². The second-order valence-electron chi connectivity index (χ2n) is 4.19. The molecule has 0 bridgehead atoms. The van der Waals surface area contributed by atoms with Crippen molar-refractivity contribution in [2.75, 3.05) is 11.9 Å². The molecule has 102 valence electrons. The Balaban J connectivity index is 1.81. The smallest absolute Gasteiger partial charge is 0.132 e. The molecule has 0 aliphatic carbocycles. The third kappa shape index (κ3) is 4.59. The molecule has 0 aromatic carbocycles. The van der Waals surface area contributed by atoms with E-state index in [1.807, 2.05) is 16.9 Å². The average Bonchev–Trinajstić information content (AvgIpc) is 2.87. The molecule has 0 saturated heterocycles. The molecule has 0 unspecified atom stereocenters. The molecule has 0 fully saturated rings. The minimum atomic E-state index is 0.824. The summed E-state index contributed by atoms with van der Waals surface area (Å²) in [5.74, 6) is 1.74. The van der Waals surface area contributed by atoms with Crippen molar-refractivity contribution in [2.24, 2.45) is 0 Å². The Morgan fingerprint density at radius 2 is 2.26 bits per heavy atom. The molecule has 2 heterocycles. The number of hydrogen-bond donors (Lipinski definition) is 1. The van der Waals surface area contributed by atoms with Crippen molar-refractivity contribution in [2.45, 2.75) is 32.7 Å². The van der Waals surface area contributed by atoms with E-state index in [1.54, 1.807) is 6.20 Å². The molecule has 0 aliphatic rings. The highest BCUT2D eigenvalue weighted by Crippen LogP contribution is 2.13. The van der Waals surface area contributed by atoms with Crippen molar-refractivity contribution in [3.05, 3.63) is 28.9 Å². The van der Waals surface area contributed by atoms with E-state index in [9.17, 15) is 0 Å². The molecule has 0 saturated carbocycles. The van der Waals surface area contributed by atoms with Crippen LogP contribution in [-0.4, -0.2) is 31.5 Å². The van der Waals surface area contributed by atoms with E-state index in [0.717, 1.165) is 48.6 Å². The normalized spacial score (nSPS) is 10.6. The van der Waals surface area contributed by atoms with Gasteiger partial charge in [-0.2, -0.15) is 0 Å². The van der Waals surface area contributed by atoms with Crippen LogP contribution in [0.3, 0.4) is 0 Å². The molecule has 2 rings (SSSR count). The molecule has 0 spiro atoms. The summed E-state index contributed by atoms with van der Waals surface area (Å²) in [4.78, 5) is 8.81. The van der Waals surface area contributed by atoms with Crippen LogP contribution in [0.15, 0.2) is 23.1 Å². The van der Waals surface area contributed by atoms with Crippen LogP contribution in [-0.2, 0) is 13.0 Å². The molecule has 6 nitrogen and oxygen atoms in total. The van der Waals surface area contributed by atoms with E-state index in [1.165, 1.54) is 0 Å². The van der Waals surface area contributed by atoms with Crippen LogP contribution in [0.2, 0.25) is 0 Å². The van der Waals surface area contributed by atoms with Crippen LogP contribution < -0.4 is 5.32 Å². The van der Waals surface area contributed by atoms with Gasteiger partial charge in [0.05, 0.1) is 6.20 Å². The molecule has 2 aromatic rings. The molecule has 0 radical (unpaired) electrons. The van der Waals surface area contributed by atoms with Crippen molar-refractivity contribution < 1.29 is 0 Å². The van der Waals surface area contributed by atoms with E-state index in [2.05, 4.69) is 48.5 Å². The maximum Gasteiger partial charge on any atom is 0.132 e. The third-order valence-electron chi connectivity index (χ3n) is 2.56. The number of halogens is 1. The fourth-order valence-electron chi connectivity index (χ4n) is 1.70. The molecule has 0 atom stereocenters. The van der Waals surface area contributed by atoms with Gasteiger partial charge in [0, 0.05) is 31.8 Å². The molecule has 0 aliphatic heterocycles. The number of nitrogens with zero attached hydrogens (tertiary/aromatic N) is 5. The number of nitrogens with one attached hydrogen (secondary N) is 1. The summed E-state index contributed by atoms with van der Waals surface area (Å²) in [6, 6.07) is 1.90. The van der Waals surface area contributed by atoms with E-state index >= 15 is 0 Å². The maximum absolute atomic E-state index is 4.47. The molecule has 2 aromatic heterocycles. The van der Waals surface area contributed by atoms with Gasteiger partial charge in [0.1, 0.15) is 16.2 Å². The van der Waals surface area contributed by atoms with Gasteiger partial charge in [-0.15, -0.1) is 5.10 Å². The van der Waals surface area contributed by atoms with Gasteiger partial charge >= 0.3 is 0 Å². The second-order valence-corrected chi connectivity index (χ2v) is 5.00. The van der Waals surface area contributed by atoms with Gasteiger partial charge in [-0.3, -0.25) is 4.68 Å². The molecular weight excluding hydrogens is 308 g/mol. The number of anilines is 1. The van der Waals surface area contributed by atoms with Gasteiger partial charge in [0.2, 0.25) is 0 Å². The first kappa shape index (κ1) is 13.9. The minimum Gasteiger partial charge on any atom is -0.370 e. The number of aromatic nitrogens is 5. The van der Waals surface area contributed by atoms with E-state index < -0.39 is 0 Å². The molecule has 19 heavy (non-hydrogen) atoms. The van der Waals surface area contributed by atoms with Crippen molar-refractivity contribution in [1.82, 2.24) is 25.0 Å². The predicted molar refractivity (Wildman–Crippen MR) is 76.9 cm³/mol. The first-order chi connectivity index (χ1) is 9.28. The Morgan fingerprint density at radius 3 is 3.00 bits per heavy atom. The Hall–Kier alpha value is -1.50. The lowest BCUT2D eigenvalue weighted by Gasteiger charge is -2.07. The zero-order valence-corrected chi connectivity index (χ0v) is 12.5. The summed E-state index contributed by atoms with van der Waals surface area (Å²) >= 11 is 3.41. The summed E-state index contributed by atoms with van der Waals surface area (Å²) in [5, 5.41) is 11.0. The summed E-state index contributed by atoms with van der Waals surface area (Å²) in [6.07, 6.45) is 6.45. The highest BCUT2D eigenvalue weighted by atomic mass is 79.9. The summed E-state index contributed by atoms with van der Waals surface area (Å²) < 4.78 is 2.64. The van der Waals surface area contributed by atoms with Crippen LogP contribution >= 0.6 is 15.9 Å². The van der Waals surface area contributed by atoms with Crippen LogP contribution in [0.4, 0.5) is 5.82 Å². The van der Waals surface area contributed by atoms with Crippen molar-refractivity contribution >= 4 is 21.7 Å². The van der Waals surface area contributed by atoms with E-state index in [0.29, 0.717) is 0 Å². The Bertz CT molecular complexity index is 499. The fraction of sp³-hybridized carbons (Fsp3) is 0.500. The number of aryl methyl sites for hydroxylation is 2. The third-order valence-corrected chi connectivity index (χ3v) is 2.96. The zero-order valence-electron chi connectivity index (χ0n) is 10.9. The largest absolute Gasteiger partial charge is 0.370 e. The average molecular weight is 325 g/mol. The van der Waals surface area contributed by atoms with E-state index in [-0.39, 0.29) is 0 Å². The summed E-state index contributed by atoms with van der Waals surface area (Å²) in [7, 11) is 0. The minimum absolute atomic E-state index is 0.824. The lowest BCUT2D eigenvalue weighted by molar-refractivity contribution is 0.569. The first-order valence-corrected chi connectivity index (χ1v) is 7.18. The molecular formula is C12H17BrN6. The number of hydrogen-bond acceptors (Lipinski definition) is 5. The van der Waals surface area contributed by atoms with Crippen LogP contribution in [0.5, 0.6) is 0 Å². The standard InChI is InChI=1S/C12H17BrN6/c1-2-4-11-16-10(13)9-12(17-11)14-5-3-7-19-8-6-15-18-19/h6,8-9H,2-5,7H2,1H3,(H,14,16,17). The monoisotopic (exact) mass is 324 g/mol. The molecule has 7 heteroatoms. The molecule has 0 amide bonds. The molecule has 1 N–H and O–H groups in total. The maximum atomic E-state index is 4.47. The predicted octanol–water partition coefficient (Wildman–Crippen LogP) is 2.29. The summed E-state index contributed by atoms with van der Waals surface area (Å²) in [5.41, 5.74) is 0. The topological polar surface area (TPSA) is 68.5 Å². The second kappa shape index (κ2) is 7.18. The zero-order chi connectivity index (χ0) is 13.5.